The van der Waals surface area contributed by atoms with Gasteiger partial charge in [0.15, 0.2) is 0 Å². The Morgan fingerprint density at radius 2 is 2.25 bits per heavy atom. The average Bonchev–Trinajstić information content (AvgIpc) is 1.85. The summed E-state index contributed by atoms with van der Waals surface area (Å²) in [7, 11) is 0. The Kier molecular flexibility index (Phi) is 1.59. The second kappa shape index (κ2) is 2.08. The minimum absolute atomic E-state index is 0.481. The van der Waals surface area contributed by atoms with Gasteiger partial charge in [-0.2, -0.15) is 0 Å². The molecule has 1 aliphatic heterocycles. The summed E-state index contributed by atoms with van der Waals surface area (Å²) < 4.78 is 0.887. The van der Waals surface area contributed by atoms with Gasteiger partial charge in [-0.1, -0.05) is 0 Å². The fourth-order valence-corrected chi connectivity index (χ4v) is 2.44. The van der Waals surface area contributed by atoms with Gasteiger partial charge in [-0.15, -0.1) is 0 Å². The first-order chi connectivity index (χ1) is 3.70. The molecule has 0 unspecified atom stereocenters. The SMILES string of the molecule is C[C@@H]1[Se]C(N)=N[C@@H]1C. The molecular formula is C5H10N2Se. The molecule has 0 aromatic carbocycles. The summed E-state index contributed by atoms with van der Waals surface area (Å²) in [5, 5.41) is 0. The van der Waals surface area contributed by atoms with Gasteiger partial charge in [0, 0.05) is 0 Å². The van der Waals surface area contributed by atoms with E-state index in [-0.39, 0.29) is 0 Å². The van der Waals surface area contributed by atoms with Crippen LogP contribution in [0.25, 0.3) is 0 Å². The van der Waals surface area contributed by atoms with Gasteiger partial charge < -0.3 is 0 Å². The molecule has 0 aliphatic carbocycles. The number of aliphatic imine (C=N–C) groups is 1. The van der Waals surface area contributed by atoms with Crippen LogP contribution in [0.1, 0.15) is 13.8 Å². The van der Waals surface area contributed by atoms with E-state index in [0.29, 0.717) is 21.0 Å². The van der Waals surface area contributed by atoms with Crippen molar-refractivity contribution in [2.24, 2.45) is 10.7 Å². The molecule has 0 spiro atoms. The van der Waals surface area contributed by atoms with Crippen LogP contribution < -0.4 is 5.73 Å². The second-order valence-electron chi connectivity index (χ2n) is 2.03. The van der Waals surface area contributed by atoms with Gasteiger partial charge in [0.1, 0.15) is 0 Å². The Labute approximate surface area is 55.7 Å². The maximum atomic E-state index is 5.49. The summed E-state index contributed by atoms with van der Waals surface area (Å²) in [5.41, 5.74) is 5.49. The molecule has 0 aromatic heterocycles. The first kappa shape index (κ1) is 6.11. The van der Waals surface area contributed by atoms with Crippen molar-refractivity contribution in [3.63, 3.8) is 0 Å². The molecule has 8 heavy (non-hydrogen) atoms. The van der Waals surface area contributed by atoms with Crippen molar-refractivity contribution in [3.8, 4) is 0 Å². The first-order valence-electron chi connectivity index (χ1n) is 2.70. The zero-order chi connectivity index (χ0) is 6.15. The van der Waals surface area contributed by atoms with Gasteiger partial charge in [0.25, 0.3) is 0 Å². The van der Waals surface area contributed by atoms with E-state index in [0.717, 1.165) is 9.55 Å². The van der Waals surface area contributed by atoms with Gasteiger partial charge in [-0.25, -0.2) is 0 Å². The number of rotatable bonds is 0. The van der Waals surface area contributed by atoms with E-state index in [2.05, 4.69) is 18.8 Å². The van der Waals surface area contributed by atoms with Gasteiger partial charge in [-0.05, 0) is 0 Å². The predicted octanol–water partition coefficient (Wildman–Crippen LogP) is 0.216. The Morgan fingerprint density at radius 3 is 2.38 bits per heavy atom. The number of amidine groups is 1. The number of hydrogen-bond acceptors (Lipinski definition) is 2. The minimum atomic E-state index is 0.481. The summed E-state index contributed by atoms with van der Waals surface area (Å²) in [6, 6.07) is 0.481. The molecule has 2 atom stereocenters. The van der Waals surface area contributed by atoms with Gasteiger partial charge >= 0.3 is 55.1 Å². The monoisotopic (exact) mass is 178 g/mol. The summed E-state index contributed by atoms with van der Waals surface area (Å²) >= 11 is 0.486. The van der Waals surface area contributed by atoms with Crippen molar-refractivity contribution in [3.05, 3.63) is 0 Å². The van der Waals surface area contributed by atoms with E-state index in [9.17, 15) is 0 Å². The van der Waals surface area contributed by atoms with E-state index in [4.69, 9.17) is 5.73 Å². The zero-order valence-corrected chi connectivity index (χ0v) is 6.80. The molecule has 0 saturated carbocycles. The van der Waals surface area contributed by atoms with Crippen molar-refractivity contribution in [1.29, 1.82) is 0 Å². The summed E-state index contributed by atoms with van der Waals surface area (Å²) in [4.78, 5) is 4.92. The molecule has 0 amide bonds. The molecule has 0 bridgehead atoms. The Balaban J connectivity index is 2.56. The van der Waals surface area contributed by atoms with Crippen LogP contribution >= 0.6 is 0 Å². The van der Waals surface area contributed by atoms with Crippen molar-refractivity contribution >= 4 is 19.7 Å². The van der Waals surface area contributed by atoms with E-state index in [1.54, 1.807) is 0 Å². The summed E-state index contributed by atoms with van der Waals surface area (Å²) in [6.45, 7) is 4.32. The first-order valence-corrected chi connectivity index (χ1v) is 4.54. The van der Waals surface area contributed by atoms with E-state index in [1.807, 2.05) is 0 Å². The Hall–Kier alpha value is -0.0105. The molecule has 1 heterocycles. The Bertz CT molecular complexity index is 122. The van der Waals surface area contributed by atoms with Gasteiger partial charge in [-0.3, -0.25) is 0 Å². The molecule has 0 aromatic rings. The molecule has 0 fully saturated rings. The fraction of sp³-hybridized carbons (Fsp3) is 0.800. The van der Waals surface area contributed by atoms with Crippen LogP contribution in [0.15, 0.2) is 4.99 Å². The molecule has 2 N–H and O–H groups in total. The van der Waals surface area contributed by atoms with Crippen LogP contribution in [-0.2, 0) is 0 Å². The van der Waals surface area contributed by atoms with Crippen molar-refractivity contribution < 1.29 is 0 Å². The molecule has 0 saturated heterocycles. The third-order valence-electron chi connectivity index (χ3n) is 1.32. The third-order valence-corrected chi connectivity index (χ3v) is 3.65. The summed E-state index contributed by atoms with van der Waals surface area (Å²) in [6.07, 6.45) is 0. The Morgan fingerprint density at radius 1 is 1.62 bits per heavy atom. The molecule has 2 nitrogen and oxygen atoms in total. The van der Waals surface area contributed by atoms with E-state index >= 15 is 0 Å². The number of hydrogen-bond donors (Lipinski definition) is 1. The van der Waals surface area contributed by atoms with Gasteiger partial charge in [0.05, 0.1) is 0 Å². The van der Waals surface area contributed by atoms with Gasteiger partial charge in [0.2, 0.25) is 0 Å². The number of nitrogens with zero attached hydrogens (tertiary/aromatic N) is 1. The van der Waals surface area contributed by atoms with E-state index in [1.165, 1.54) is 0 Å². The molecular weight excluding hydrogens is 167 g/mol. The molecule has 1 aliphatic rings. The van der Waals surface area contributed by atoms with Crippen LogP contribution in [0.2, 0.25) is 4.82 Å². The fourth-order valence-electron chi connectivity index (χ4n) is 0.625. The van der Waals surface area contributed by atoms with Crippen molar-refractivity contribution in [2.75, 3.05) is 0 Å². The van der Waals surface area contributed by atoms with Crippen LogP contribution in [0.4, 0.5) is 0 Å². The molecule has 3 heteroatoms. The normalized spacial score (nSPS) is 37.5. The third kappa shape index (κ3) is 1.04. The zero-order valence-electron chi connectivity index (χ0n) is 5.09. The standard InChI is InChI=1S/C5H10N2Se/c1-3-4(2)8-5(6)7-3/h3-4H,1-2H3,(H2,6,7)/t3-,4+/m1/s1. The van der Waals surface area contributed by atoms with Crippen LogP contribution in [0, 0.1) is 0 Å². The molecule has 0 radical (unpaired) electrons. The van der Waals surface area contributed by atoms with Crippen LogP contribution in [-0.4, -0.2) is 25.7 Å². The van der Waals surface area contributed by atoms with Crippen LogP contribution in [0.5, 0.6) is 0 Å². The number of nitrogens with two attached hydrogens (primary N) is 1. The average molecular weight is 177 g/mol. The quantitative estimate of drug-likeness (QED) is 0.528. The van der Waals surface area contributed by atoms with Crippen molar-refractivity contribution in [2.45, 2.75) is 24.7 Å². The summed E-state index contributed by atoms with van der Waals surface area (Å²) in [5.74, 6) is 0. The second-order valence-corrected chi connectivity index (χ2v) is 4.96. The molecule has 46 valence electrons. The van der Waals surface area contributed by atoms with E-state index < -0.39 is 0 Å². The van der Waals surface area contributed by atoms with Crippen molar-refractivity contribution in [1.82, 2.24) is 0 Å². The molecule has 1 rings (SSSR count). The predicted molar refractivity (Wildman–Crippen MR) is 36.3 cm³/mol. The van der Waals surface area contributed by atoms with Crippen LogP contribution in [0.3, 0.4) is 0 Å². The topological polar surface area (TPSA) is 38.4 Å². The maximum absolute atomic E-state index is 5.49.